The normalized spacial score (nSPS) is 10.8. The highest BCUT2D eigenvalue weighted by Gasteiger charge is 2.12. The van der Waals surface area contributed by atoms with Gasteiger partial charge >= 0.3 is 0 Å². The molecule has 0 aliphatic carbocycles. The zero-order chi connectivity index (χ0) is 11.0. The molecule has 0 saturated heterocycles. The molecule has 0 fully saturated rings. The van der Waals surface area contributed by atoms with E-state index >= 15 is 0 Å². The molecule has 78 valence electrons. The molecule has 16 heavy (non-hydrogen) atoms. The predicted molar refractivity (Wildman–Crippen MR) is 69.4 cm³/mol. The SMILES string of the molecule is Brc1oc2ccccc2c1-c1ccccc1. The lowest BCUT2D eigenvalue weighted by Gasteiger charge is -1.98. The number of halogens is 1. The van der Waals surface area contributed by atoms with E-state index in [0.29, 0.717) is 0 Å². The van der Waals surface area contributed by atoms with E-state index in [9.17, 15) is 0 Å². The van der Waals surface area contributed by atoms with Crippen LogP contribution in [0.15, 0.2) is 63.7 Å². The van der Waals surface area contributed by atoms with Crippen LogP contribution in [-0.2, 0) is 0 Å². The summed E-state index contributed by atoms with van der Waals surface area (Å²) in [6.45, 7) is 0. The Balaban J connectivity index is 2.35. The third-order valence-corrected chi connectivity index (χ3v) is 3.17. The highest BCUT2D eigenvalue weighted by molar-refractivity contribution is 9.10. The van der Waals surface area contributed by atoms with E-state index in [1.807, 2.05) is 36.4 Å². The lowest BCUT2D eigenvalue weighted by Crippen LogP contribution is -1.74. The summed E-state index contributed by atoms with van der Waals surface area (Å²) in [7, 11) is 0. The molecule has 1 nitrogen and oxygen atoms in total. The fraction of sp³-hybridized carbons (Fsp3) is 0. The zero-order valence-electron chi connectivity index (χ0n) is 8.48. The Morgan fingerprint density at radius 2 is 1.50 bits per heavy atom. The molecule has 0 saturated carbocycles. The molecule has 3 aromatic rings. The Labute approximate surface area is 102 Å². The number of benzene rings is 2. The van der Waals surface area contributed by atoms with Crippen molar-refractivity contribution >= 4 is 26.9 Å². The van der Waals surface area contributed by atoms with Gasteiger partial charge < -0.3 is 4.42 Å². The topological polar surface area (TPSA) is 13.1 Å². The van der Waals surface area contributed by atoms with Crippen molar-refractivity contribution in [1.82, 2.24) is 0 Å². The van der Waals surface area contributed by atoms with Crippen molar-refractivity contribution in [2.24, 2.45) is 0 Å². The third-order valence-electron chi connectivity index (χ3n) is 2.61. The second-order valence-electron chi connectivity index (χ2n) is 3.61. The van der Waals surface area contributed by atoms with Crippen LogP contribution in [0.1, 0.15) is 0 Å². The van der Waals surface area contributed by atoms with Gasteiger partial charge in [0.15, 0.2) is 4.67 Å². The molecule has 1 heterocycles. The maximum Gasteiger partial charge on any atom is 0.178 e. The largest absolute Gasteiger partial charge is 0.449 e. The summed E-state index contributed by atoms with van der Waals surface area (Å²) in [6, 6.07) is 18.3. The zero-order valence-corrected chi connectivity index (χ0v) is 10.1. The van der Waals surface area contributed by atoms with Gasteiger partial charge in [0.2, 0.25) is 0 Å². The van der Waals surface area contributed by atoms with Crippen LogP contribution < -0.4 is 0 Å². The van der Waals surface area contributed by atoms with E-state index in [2.05, 4.69) is 34.1 Å². The third kappa shape index (κ3) is 1.46. The van der Waals surface area contributed by atoms with Gasteiger partial charge in [0.25, 0.3) is 0 Å². The lowest BCUT2D eigenvalue weighted by atomic mass is 10.1. The van der Waals surface area contributed by atoms with E-state index in [1.54, 1.807) is 0 Å². The monoisotopic (exact) mass is 272 g/mol. The maximum absolute atomic E-state index is 5.67. The van der Waals surface area contributed by atoms with Gasteiger partial charge in [-0.2, -0.15) is 0 Å². The van der Waals surface area contributed by atoms with Gasteiger partial charge in [0.1, 0.15) is 5.58 Å². The molecule has 2 heteroatoms. The molecular weight excluding hydrogens is 264 g/mol. The molecule has 0 aliphatic rings. The number of rotatable bonds is 1. The predicted octanol–water partition coefficient (Wildman–Crippen LogP) is 4.86. The number of fused-ring (bicyclic) bond motifs is 1. The van der Waals surface area contributed by atoms with Crippen LogP contribution in [0.4, 0.5) is 0 Å². The molecule has 3 rings (SSSR count). The standard InChI is InChI=1S/C14H9BrO/c15-14-13(10-6-2-1-3-7-10)11-8-4-5-9-12(11)16-14/h1-9H. The molecule has 0 N–H and O–H groups in total. The van der Waals surface area contributed by atoms with Crippen molar-refractivity contribution in [2.45, 2.75) is 0 Å². The average Bonchev–Trinajstić information content (AvgIpc) is 2.66. The second-order valence-corrected chi connectivity index (χ2v) is 4.33. The minimum atomic E-state index is 0.792. The molecule has 2 aromatic carbocycles. The van der Waals surface area contributed by atoms with E-state index in [4.69, 9.17) is 4.42 Å². The summed E-state index contributed by atoms with van der Waals surface area (Å²) in [4.78, 5) is 0. The number of hydrogen-bond donors (Lipinski definition) is 0. The van der Waals surface area contributed by atoms with E-state index in [0.717, 1.165) is 21.2 Å². The molecule has 0 unspecified atom stereocenters. The fourth-order valence-corrected chi connectivity index (χ4v) is 2.51. The summed E-state index contributed by atoms with van der Waals surface area (Å²) in [5.41, 5.74) is 3.20. The van der Waals surface area contributed by atoms with Crippen molar-refractivity contribution in [2.75, 3.05) is 0 Å². The van der Waals surface area contributed by atoms with Gasteiger partial charge in [-0.25, -0.2) is 0 Å². The van der Waals surface area contributed by atoms with Gasteiger partial charge in [-0.15, -0.1) is 0 Å². The Hall–Kier alpha value is -1.54. The number of para-hydroxylation sites is 1. The van der Waals surface area contributed by atoms with Crippen LogP contribution in [0.3, 0.4) is 0 Å². The minimum Gasteiger partial charge on any atom is -0.449 e. The van der Waals surface area contributed by atoms with Crippen LogP contribution in [0.2, 0.25) is 0 Å². The van der Waals surface area contributed by atoms with Gasteiger partial charge in [0, 0.05) is 10.9 Å². The molecule has 0 radical (unpaired) electrons. The smallest absolute Gasteiger partial charge is 0.178 e. The first-order valence-corrected chi connectivity index (χ1v) is 5.88. The lowest BCUT2D eigenvalue weighted by molar-refractivity contribution is 0.589. The molecule has 0 aliphatic heterocycles. The first kappa shape index (κ1) is 9.67. The van der Waals surface area contributed by atoms with Crippen LogP contribution in [0.5, 0.6) is 0 Å². The minimum absolute atomic E-state index is 0.792. The van der Waals surface area contributed by atoms with Gasteiger partial charge in [-0.05, 0) is 27.6 Å². The van der Waals surface area contributed by atoms with Crippen LogP contribution in [0.25, 0.3) is 22.1 Å². The molecule has 0 bridgehead atoms. The van der Waals surface area contributed by atoms with Crippen molar-refractivity contribution in [3.63, 3.8) is 0 Å². The van der Waals surface area contributed by atoms with Crippen molar-refractivity contribution in [1.29, 1.82) is 0 Å². The summed E-state index contributed by atoms with van der Waals surface area (Å²) in [5.74, 6) is 0. The molecule has 0 atom stereocenters. The Morgan fingerprint density at radius 3 is 2.31 bits per heavy atom. The maximum atomic E-state index is 5.67. The Morgan fingerprint density at radius 1 is 0.812 bits per heavy atom. The van der Waals surface area contributed by atoms with Crippen molar-refractivity contribution < 1.29 is 4.42 Å². The van der Waals surface area contributed by atoms with E-state index in [-0.39, 0.29) is 0 Å². The molecular formula is C14H9BrO. The van der Waals surface area contributed by atoms with E-state index in [1.165, 1.54) is 5.56 Å². The van der Waals surface area contributed by atoms with E-state index < -0.39 is 0 Å². The molecule has 0 spiro atoms. The van der Waals surface area contributed by atoms with Crippen LogP contribution in [0, 0.1) is 0 Å². The number of hydrogen-bond acceptors (Lipinski definition) is 1. The molecule has 0 amide bonds. The Kier molecular flexibility index (Phi) is 2.29. The first-order chi connectivity index (χ1) is 7.86. The fourth-order valence-electron chi connectivity index (χ4n) is 1.89. The van der Waals surface area contributed by atoms with Crippen LogP contribution in [-0.4, -0.2) is 0 Å². The second kappa shape index (κ2) is 3.80. The number of furan rings is 1. The highest BCUT2D eigenvalue weighted by atomic mass is 79.9. The quantitative estimate of drug-likeness (QED) is 0.617. The van der Waals surface area contributed by atoms with Crippen molar-refractivity contribution in [3.05, 3.63) is 59.3 Å². The summed E-state index contributed by atoms with van der Waals surface area (Å²) in [6.07, 6.45) is 0. The van der Waals surface area contributed by atoms with Gasteiger partial charge in [-0.1, -0.05) is 48.5 Å². The highest BCUT2D eigenvalue weighted by Crippen LogP contribution is 2.37. The van der Waals surface area contributed by atoms with Gasteiger partial charge in [-0.3, -0.25) is 0 Å². The summed E-state index contributed by atoms with van der Waals surface area (Å²) >= 11 is 3.48. The van der Waals surface area contributed by atoms with Crippen molar-refractivity contribution in [3.8, 4) is 11.1 Å². The first-order valence-electron chi connectivity index (χ1n) is 5.09. The van der Waals surface area contributed by atoms with Gasteiger partial charge in [0.05, 0.1) is 0 Å². The van der Waals surface area contributed by atoms with Crippen LogP contribution >= 0.6 is 15.9 Å². The summed E-state index contributed by atoms with van der Waals surface area (Å²) < 4.78 is 6.46. The molecule has 1 aromatic heterocycles. The Bertz CT molecular complexity index is 626. The summed E-state index contributed by atoms with van der Waals surface area (Å²) in [5, 5.41) is 1.14. The average molecular weight is 273 g/mol.